The first-order valence-electron chi connectivity index (χ1n) is 3.66. The van der Waals surface area contributed by atoms with E-state index in [0.29, 0.717) is 18.0 Å². The molecule has 0 saturated heterocycles. The highest BCUT2D eigenvalue weighted by atomic mass is 35.5. The minimum atomic E-state index is 0.495. The van der Waals surface area contributed by atoms with E-state index in [9.17, 15) is 4.79 Å². The van der Waals surface area contributed by atoms with Gasteiger partial charge in [-0.25, -0.2) is 0 Å². The van der Waals surface area contributed by atoms with Crippen LogP contribution in [0.3, 0.4) is 0 Å². The smallest absolute Gasteiger partial charge is 0.207 e. The molecule has 0 aliphatic rings. The van der Waals surface area contributed by atoms with Crippen LogP contribution in [0.1, 0.15) is 11.1 Å². The molecule has 64 valence electrons. The molecule has 1 rings (SSSR count). The summed E-state index contributed by atoms with van der Waals surface area (Å²) in [6, 6.07) is 5.67. The Labute approximate surface area is 76.5 Å². The highest BCUT2D eigenvalue weighted by molar-refractivity contribution is 6.31. The van der Waals surface area contributed by atoms with Crippen LogP contribution >= 0.6 is 11.6 Å². The van der Waals surface area contributed by atoms with Gasteiger partial charge in [0.15, 0.2) is 0 Å². The first-order chi connectivity index (χ1) is 5.75. The Morgan fingerprint density at radius 2 is 2.33 bits per heavy atom. The molecule has 0 radical (unpaired) electrons. The number of benzene rings is 1. The molecule has 0 bridgehead atoms. The van der Waals surface area contributed by atoms with E-state index in [-0.39, 0.29) is 0 Å². The second-order valence-corrected chi connectivity index (χ2v) is 2.94. The van der Waals surface area contributed by atoms with Crippen molar-refractivity contribution in [1.29, 1.82) is 0 Å². The van der Waals surface area contributed by atoms with E-state index < -0.39 is 0 Å². The van der Waals surface area contributed by atoms with Crippen molar-refractivity contribution < 1.29 is 4.79 Å². The van der Waals surface area contributed by atoms with Crippen LogP contribution in [0.2, 0.25) is 5.02 Å². The van der Waals surface area contributed by atoms with Gasteiger partial charge >= 0.3 is 0 Å². The molecule has 0 aliphatic carbocycles. The van der Waals surface area contributed by atoms with Crippen LogP contribution in [-0.2, 0) is 11.3 Å². The van der Waals surface area contributed by atoms with E-state index in [1.165, 1.54) is 0 Å². The van der Waals surface area contributed by atoms with Crippen molar-refractivity contribution in [2.75, 3.05) is 0 Å². The van der Waals surface area contributed by atoms with Crippen molar-refractivity contribution in [2.24, 2.45) is 0 Å². The van der Waals surface area contributed by atoms with Gasteiger partial charge in [-0.1, -0.05) is 23.7 Å². The van der Waals surface area contributed by atoms with Crippen LogP contribution in [0, 0.1) is 6.92 Å². The molecule has 12 heavy (non-hydrogen) atoms. The Morgan fingerprint density at radius 1 is 1.58 bits per heavy atom. The van der Waals surface area contributed by atoms with Gasteiger partial charge in [0, 0.05) is 11.6 Å². The van der Waals surface area contributed by atoms with Gasteiger partial charge in [-0.05, 0) is 24.1 Å². The van der Waals surface area contributed by atoms with Gasteiger partial charge in [-0.3, -0.25) is 4.79 Å². The van der Waals surface area contributed by atoms with Crippen molar-refractivity contribution in [3.8, 4) is 0 Å². The van der Waals surface area contributed by atoms with Crippen molar-refractivity contribution in [1.82, 2.24) is 5.32 Å². The summed E-state index contributed by atoms with van der Waals surface area (Å²) in [4.78, 5) is 10.0. The third kappa shape index (κ3) is 1.98. The van der Waals surface area contributed by atoms with E-state index in [1.54, 1.807) is 0 Å². The molecule has 3 heteroatoms. The predicted molar refractivity (Wildman–Crippen MR) is 49.1 cm³/mol. The zero-order chi connectivity index (χ0) is 8.97. The summed E-state index contributed by atoms with van der Waals surface area (Å²) >= 11 is 5.91. The van der Waals surface area contributed by atoms with E-state index >= 15 is 0 Å². The van der Waals surface area contributed by atoms with Gasteiger partial charge in [-0.15, -0.1) is 0 Å². The molecule has 0 fully saturated rings. The fourth-order valence-electron chi connectivity index (χ4n) is 1.03. The first-order valence-corrected chi connectivity index (χ1v) is 4.04. The monoisotopic (exact) mass is 183 g/mol. The first kappa shape index (κ1) is 9.07. The van der Waals surface area contributed by atoms with E-state index in [4.69, 9.17) is 11.6 Å². The molecule has 1 aromatic carbocycles. The summed E-state index contributed by atoms with van der Waals surface area (Å²) in [7, 11) is 0. The molecule has 0 aromatic heterocycles. The van der Waals surface area contributed by atoms with Gasteiger partial charge in [0.05, 0.1) is 0 Å². The van der Waals surface area contributed by atoms with Crippen LogP contribution < -0.4 is 5.32 Å². The van der Waals surface area contributed by atoms with Gasteiger partial charge in [0.1, 0.15) is 0 Å². The molecule has 0 unspecified atom stereocenters. The van der Waals surface area contributed by atoms with Crippen LogP contribution in [0.25, 0.3) is 0 Å². The summed E-state index contributed by atoms with van der Waals surface area (Å²) < 4.78 is 0. The van der Waals surface area contributed by atoms with Crippen molar-refractivity contribution in [3.05, 3.63) is 34.3 Å². The van der Waals surface area contributed by atoms with Crippen molar-refractivity contribution in [3.63, 3.8) is 0 Å². The third-order valence-electron chi connectivity index (χ3n) is 1.72. The average Bonchev–Trinajstić information content (AvgIpc) is 2.04. The van der Waals surface area contributed by atoms with Crippen LogP contribution in [0.5, 0.6) is 0 Å². The van der Waals surface area contributed by atoms with Gasteiger partial charge in [0.25, 0.3) is 0 Å². The molecule has 0 atom stereocenters. The lowest BCUT2D eigenvalue weighted by atomic mass is 10.1. The highest BCUT2D eigenvalue weighted by Crippen LogP contribution is 2.18. The number of hydrogen-bond donors (Lipinski definition) is 1. The van der Waals surface area contributed by atoms with Crippen molar-refractivity contribution >= 4 is 18.0 Å². The highest BCUT2D eigenvalue weighted by Gasteiger charge is 2.01. The average molecular weight is 184 g/mol. The number of halogens is 1. The third-order valence-corrected chi connectivity index (χ3v) is 2.07. The zero-order valence-electron chi connectivity index (χ0n) is 6.80. The molecular formula is C9H10ClNO. The number of carbonyl (C=O) groups excluding carboxylic acids is 1. The van der Waals surface area contributed by atoms with E-state index in [2.05, 4.69) is 5.32 Å². The van der Waals surface area contributed by atoms with Gasteiger partial charge in [-0.2, -0.15) is 0 Å². The molecule has 1 aromatic rings. The Balaban J connectivity index is 2.88. The molecule has 1 N–H and O–H groups in total. The minimum absolute atomic E-state index is 0.495. The second-order valence-electron chi connectivity index (χ2n) is 2.53. The molecule has 0 saturated carbocycles. The second kappa shape index (κ2) is 4.12. The predicted octanol–water partition coefficient (Wildman–Crippen LogP) is 1.89. The molecular weight excluding hydrogens is 174 g/mol. The maximum Gasteiger partial charge on any atom is 0.207 e. The Hall–Kier alpha value is -1.02. The minimum Gasteiger partial charge on any atom is -0.355 e. The van der Waals surface area contributed by atoms with Crippen LogP contribution in [0.4, 0.5) is 0 Å². The maximum absolute atomic E-state index is 10.0. The van der Waals surface area contributed by atoms with Crippen LogP contribution in [0.15, 0.2) is 18.2 Å². The van der Waals surface area contributed by atoms with Gasteiger partial charge < -0.3 is 5.32 Å². The standard InChI is InChI=1S/C9H10ClNO/c1-7-3-2-4-9(10)8(7)5-11-6-12/h2-4,6H,5H2,1H3,(H,11,12). The molecule has 0 spiro atoms. The number of rotatable bonds is 3. The maximum atomic E-state index is 10.0. The van der Waals surface area contributed by atoms with E-state index in [1.807, 2.05) is 25.1 Å². The topological polar surface area (TPSA) is 29.1 Å². The number of hydrogen-bond acceptors (Lipinski definition) is 1. The Morgan fingerprint density at radius 3 is 2.92 bits per heavy atom. The summed E-state index contributed by atoms with van der Waals surface area (Å²) in [6.45, 7) is 2.46. The Kier molecular flexibility index (Phi) is 3.11. The summed E-state index contributed by atoms with van der Waals surface area (Å²) in [6.07, 6.45) is 0.669. The molecule has 0 heterocycles. The Bertz CT molecular complexity index is 266. The van der Waals surface area contributed by atoms with Crippen LogP contribution in [-0.4, -0.2) is 6.41 Å². The van der Waals surface area contributed by atoms with Gasteiger partial charge in [0.2, 0.25) is 6.41 Å². The lowest BCUT2D eigenvalue weighted by Crippen LogP contribution is -2.11. The van der Waals surface area contributed by atoms with E-state index in [0.717, 1.165) is 11.1 Å². The SMILES string of the molecule is Cc1cccc(Cl)c1CNC=O. The lowest BCUT2D eigenvalue weighted by Gasteiger charge is -2.06. The van der Waals surface area contributed by atoms with Crippen molar-refractivity contribution in [2.45, 2.75) is 13.5 Å². The lowest BCUT2D eigenvalue weighted by molar-refractivity contribution is -0.109. The fraction of sp³-hybridized carbons (Fsp3) is 0.222. The summed E-state index contributed by atoms with van der Waals surface area (Å²) in [5, 5.41) is 3.28. The number of nitrogens with one attached hydrogen (secondary N) is 1. The molecule has 0 aliphatic heterocycles. The molecule has 1 amide bonds. The molecule has 2 nitrogen and oxygen atoms in total. The number of carbonyl (C=O) groups is 1. The summed E-state index contributed by atoms with van der Waals surface area (Å²) in [5.41, 5.74) is 2.07. The summed E-state index contributed by atoms with van der Waals surface area (Å²) in [5.74, 6) is 0. The normalized spacial score (nSPS) is 9.50. The number of amides is 1. The fourth-order valence-corrected chi connectivity index (χ4v) is 1.32. The number of aryl methyl sites for hydroxylation is 1. The largest absolute Gasteiger partial charge is 0.355 e. The zero-order valence-corrected chi connectivity index (χ0v) is 7.56. The quantitative estimate of drug-likeness (QED) is 0.713.